The molecule has 7 nitrogen and oxygen atoms in total. The van der Waals surface area contributed by atoms with Gasteiger partial charge in [0.15, 0.2) is 0 Å². The van der Waals surface area contributed by atoms with E-state index in [1.165, 1.54) is 0 Å². The van der Waals surface area contributed by atoms with Crippen molar-refractivity contribution in [1.29, 1.82) is 0 Å². The molecule has 0 aliphatic heterocycles. The highest BCUT2D eigenvalue weighted by Gasteiger charge is 2.17. The Morgan fingerprint density at radius 2 is 2.00 bits per heavy atom. The lowest BCUT2D eigenvalue weighted by atomic mass is 10.0. The second-order valence-corrected chi connectivity index (χ2v) is 6.73. The Balaban J connectivity index is 1.88. The van der Waals surface area contributed by atoms with Crippen LogP contribution in [0, 0.1) is 6.92 Å². The van der Waals surface area contributed by atoms with E-state index in [0.29, 0.717) is 10.6 Å². The normalized spacial score (nSPS) is 10.8. The standard InChI is InChI=1S/C19H20ClN5O2/c1-11-15(9-18(26)24-21)16-8-13(5-6-17(16)23-11)19(27)25(22)10-12-3-2-4-14(20)7-12/h2-8,23H,9-10,21-22H2,1H3,(H,24,26). The summed E-state index contributed by atoms with van der Waals surface area (Å²) in [7, 11) is 0. The lowest BCUT2D eigenvalue weighted by Crippen LogP contribution is -2.36. The van der Waals surface area contributed by atoms with Gasteiger partial charge in [-0.15, -0.1) is 0 Å². The molecule has 2 aromatic carbocycles. The molecule has 0 unspecified atom stereocenters. The third kappa shape index (κ3) is 4.11. The van der Waals surface area contributed by atoms with E-state index in [1.54, 1.807) is 36.4 Å². The number of halogens is 1. The molecule has 0 saturated carbocycles. The largest absolute Gasteiger partial charge is 0.358 e. The van der Waals surface area contributed by atoms with Gasteiger partial charge in [-0.2, -0.15) is 0 Å². The number of nitrogens with two attached hydrogens (primary N) is 2. The molecule has 0 saturated heterocycles. The van der Waals surface area contributed by atoms with Crippen molar-refractivity contribution < 1.29 is 9.59 Å². The zero-order valence-electron chi connectivity index (χ0n) is 14.8. The molecule has 0 aliphatic rings. The predicted molar refractivity (Wildman–Crippen MR) is 105 cm³/mol. The van der Waals surface area contributed by atoms with Crippen LogP contribution in [-0.2, 0) is 17.8 Å². The first kappa shape index (κ1) is 18.9. The van der Waals surface area contributed by atoms with Crippen LogP contribution in [0.15, 0.2) is 42.5 Å². The van der Waals surface area contributed by atoms with Crippen LogP contribution in [0.3, 0.4) is 0 Å². The SMILES string of the molecule is Cc1[nH]c2ccc(C(=O)N(N)Cc3cccc(Cl)c3)cc2c1CC(=O)NN. The van der Waals surface area contributed by atoms with Crippen molar-refractivity contribution in [1.82, 2.24) is 15.4 Å². The predicted octanol–water partition coefficient (Wildman–Crippen LogP) is 2.18. The number of aromatic amines is 1. The summed E-state index contributed by atoms with van der Waals surface area (Å²) in [6.07, 6.45) is 0.120. The van der Waals surface area contributed by atoms with Crippen LogP contribution in [0.5, 0.6) is 0 Å². The number of carbonyl (C=O) groups is 2. The molecule has 0 aliphatic carbocycles. The number of rotatable bonds is 5. The van der Waals surface area contributed by atoms with Crippen molar-refractivity contribution >= 4 is 34.3 Å². The van der Waals surface area contributed by atoms with Gasteiger partial charge in [0.25, 0.3) is 5.91 Å². The number of H-pyrrole nitrogens is 1. The first-order valence-electron chi connectivity index (χ1n) is 8.30. The highest BCUT2D eigenvalue weighted by atomic mass is 35.5. The Labute approximate surface area is 161 Å². The quantitative estimate of drug-likeness (QED) is 0.306. The molecule has 3 rings (SSSR count). The fourth-order valence-corrected chi connectivity index (χ4v) is 3.24. The Morgan fingerprint density at radius 3 is 2.70 bits per heavy atom. The molecule has 3 aromatic rings. The molecule has 6 N–H and O–H groups in total. The molecule has 0 fully saturated rings. The molecular formula is C19H20ClN5O2. The molecule has 140 valence electrons. The summed E-state index contributed by atoms with van der Waals surface area (Å²) < 4.78 is 0. The molecule has 27 heavy (non-hydrogen) atoms. The fourth-order valence-electron chi connectivity index (χ4n) is 3.02. The van der Waals surface area contributed by atoms with Gasteiger partial charge in [-0.3, -0.25) is 20.0 Å². The smallest absolute Gasteiger partial charge is 0.268 e. The molecule has 1 heterocycles. The van der Waals surface area contributed by atoms with Gasteiger partial charge in [-0.25, -0.2) is 11.7 Å². The zero-order valence-corrected chi connectivity index (χ0v) is 15.5. The van der Waals surface area contributed by atoms with Crippen LogP contribution in [0.25, 0.3) is 10.9 Å². The highest BCUT2D eigenvalue weighted by molar-refractivity contribution is 6.30. The molecular weight excluding hydrogens is 366 g/mol. The summed E-state index contributed by atoms with van der Waals surface area (Å²) in [5.41, 5.74) is 5.86. The van der Waals surface area contributed by atoms with Gasteiger partial charge in [0.2, 0.25) is 5.91 Å². The van der Waals surface area contributed by atoms with E-state index in [2.05, 4.69) is 10.4 Å². The number of benzene rings is 2. The topological polar surface area (TPSA) is 117 Å². The molecule has 2 amide bonds. The van der Waals surface area contributed by atoms with Gasteiger partial charge < -0.3 is 4.98 Å². The molecule has 0 radical (unpaired) electrons. The van der Waals surface area contributed by atoms with Gasteiger partial charge in [0, 0.05) is 27.2 Å². The number of nitrogens with zero attached hydrogens (tertiary/aromatic N) is 1. The van der Waals surface area contributed by atoms with Crippen LogP contribution in [0.4, 0.5) is 0 Å². The Bertz CT molecular complexity index is 1010. The van der Waals surface area contributed by atoms with Gasteiger partial charge >= 0.3 is 0 Å². The van der Waals surface area contributed by atoms with Gasteiger partial charge in [-0.05, 0) is 48.4 Å². The maximum absolute atomic E-state index is 12.7. The van der Waals surface area contributed by atoms with Gasteiger partial charge in [-0.1, -0.05) is 23.7 Å². The summed E-state index contributed by atoms with van der Waals surface area (Å²) in [5, 5.41) is 2.51. The number of hydrazine groups is 2. The van der Waals surface area contributed by atoms with Crippen molar-refractivity contribution in [2.24, 2.45) is 11.7 Å². The minimum absolute atomic E-state index is 0.120. The van der Waals surface area contributed by atoms with E-state index in [-0.39, 0.29) is 24.8 Å². The van der Waals surface area contributed by atoms with E-state index < -0.39 is 0 Å². The number of aromatic nitrogens is 1. The maximum Gasteiger partial charge on any atom is 0.268 e. The van der Waals surface area contributed by atoms with Gasteiger partial charge in [0.1, 0.15) is 0 Å². The molecule has 0 atom stereocenters. The monoisotopic (exact) mass is 385 g/mol. The van der Waals surface area contributed by atoms with E-state index >= 15 is 0 Å². The second kappa shape index (κ2) is 7.79. The number of fused-ring (bicyclic) bond motifs is 1. The number of hydrogen-bond donors (Lipinski definition) is 4. The Hall–Kier alpha value is -2.87. The minimum Gasteiger partial charge on any atom is -0.358 e. The van der Waals surface area contributed by atoms with Crippen molar-refractivity contribution in [2.75, 3.05) is 0 Å². The first-order chi connectivity index (χ1) is 12.9. The van der Waals surface area contributed by atoms with Crippen molar-refractivity contribution in [2.45, 2.75) is 19.9 Å². The summed E-state index contributed by atoms with van der Waals surface area (Å²) in [6.45, 7) is 2.10. The van der Waals surface area contributed by atoms with Crippen LogP contribution < -0.4 is 17.1 Å². The van der Waals surface area contributed by atoms with E-state index in [9.17, 15) is 9.59 Å². The van der Waals surface area contributed by atoms with Crippen LogP contribution in [0.2, 0.25) is 5.02 Å². The maximum atomic E-state index is 12.7. The molecule has 1 aromatic heterocycles. The van der Waals surface area contributed by atoms with E-state index in [4.69, 9.17) is 23.3 Å². The summed E-state index contributed by atoms with van der Waals surface area (Å²) in [6, 6.07) is 12.4. The summed E-state index contributed by atoms with van der Waals surface area (Å²) in [4.78, 5) is 27.6. The van der Waals surface area contributed by atoms with E-state index in [1.807, 2.05) is 13.0 Å². The van der Waals surface area contributed by atoms with Crippen molar-refractivity contribution in [3.05, 3.63) is 69.9 Å². The number of nitrogens with one attached hydrogen (secondary N) is 2. The fraction of sp³-hybridized carbons (Fsp3) is 0.158. The third-order valence-electron chi connectivity index (χ3n) is 4.37. The van der Waals surface area contributed by atoms with Gasteiger partial charge in [0.05, 0.1) is 13.0 Å². The lowest BCUT2D eigenvalue weighted by Gasteiger charge is -2.17. The van der Waals surface area contributed by atoms with Crippen LogP contribution in [-0.4, -0.2) is 21.8 Å². The summed E-state index contributed by atoms with van der Waals surface area (Å²) in [5.74, 6) is 10.5. The molecule has 8 heteroatoms. The number of amides is 2. The number of carbonyl (C=O) groups excluding carboxylic acids is 2. The van der Waals surface area contributed by atoms with Crippen molar-refractivity contribution in [3.8, 4) is 0 Å². The second-order valence-electron chi connectivity index (χ2n) is 6.30. The first-order valence-corrected chi connectivity index (χ1v) is 8.68. The van der Waals surface area contributed by atoms with Crippen LogP contribution >= 0.6 is 11.6 Å². The molecule has 0 spiro atoms. The minimum atomic E-state index is -0.329. The third-order valence-corrected chi connectivity index (χ3v) is 4.60. The van der Waals surface area contributed by atoms with E-state index in [0.717, 1.165) is 32.7 Å². The average molecular weight is 386 g/mol. The average Bonchev–Trinajstić information content (AvgIpc) is 2.95. The van der Waals surface area contributed by atoms with Crippen molar-refractivity contribution in [3.63, 3.8) is 0 Å². The number of aryl methyl sites for hydroxylation is 1. The highest BCUT2D eigenvalue weighted by Crippen LogP contribution is 2.24. The molecule has 0 bridgehead atoms. The Kier molecular flexibility index (Phi) is 5.46. The zero-order chi connectivity index (χ0) is 19.6. The number of hydrogen-bond acceptors (Lipinski definition) is 4. The lowest BCUT2D eigenvalue weighted by molar-refractivity contribution is -0.120. The summed E-state index contributed by atoms with van der Waals surface area (Å²) >= 11 is 5.97. The van der Waals surface area contributed by atoms with Crippen LogP contribution in [0.1, 0.15) is 27.2 Å². The Morgan fingerprint density at radius 1 is 1.22 bits per heavy atom.